The van der Waals surface area contributed by atoms with Crippen LogP contribution < -0.4 is 10.1 Å². The summed E-state index contributed by atoms with van der Waals surface area (Å²) < 4.78 is 5.19. The molecule has 1 saturated heterocycles. The maximum atomic E-state index is 12.6. The molecule has 0 saturated carbocycles. The molecule has 152 valence electrons. The molecule has 4 rings (SSSR count). The zero-order valence-corrected chi connectivity index (χ0v) is 17.9. The molecule has 29 heavy (non-hydrogen) atoms. The maximum Gasteiger partial charge on any atom is 0.323 e. The average Bonchev–Trinajstić information content (AvgIpc) is 3.13. The van der Waals surface area contributed by atoms with E-state index in [9.17, 15) is 4.79 Å². The number of carbonyl (C=O) groups excluding carboxylic acids is 1. The Balaban J connectivity index is 1.33. The monoisotopic (exact) mass is 452 g/mol. The van der Waals surface area contributed by atoms with Gasteiger partial charge in [0.05, 0.1) is 17.2 Å². The fraction of sp³-hybridized carbons (Fsp3) is 0.333. The van der Waals surface area contributed by atoms with E-state index in [2.05, 4.69) is 25.2 Å². The van der Waals surface area contributed by atoms with Crippen molar-refractivity contribution in [1.82, 2.24) is 24.8 Å². The number of anilines is 1. The molecule has 2 aromatic heterocycles. The highest BCUT2D eigenvalue weighted by atomic mass is 35.5. The van der Waals surface area contributed by atoms with Crippen molar-refractivity contribution < 1.29 is 9.53 Å². The number of piperazine rings is 1. The van der Waals surface area contributed by atoms with Crippen LogP contribution in [0.5, 0.6) is 5.88 Å². The van der Waals surface area contributed by atoms with Crippen LogP contribution in [0.25, 0.3) is 10.3 Å². The van der Waals surface area contributed by atoms with E-state index >= 15 is 0 Å². The number of fused-ring (bicyclic) bond motifs is 1. The Morgan fingerprint density at radius 3 is 2.72 bits per heavy atom. The van der Waals surface area contributed by atoms with Gasteiger partial charge in [0.15, 0.2) is 15.5 Å². The van der Waals surface area contributed by atoms with Crippen LogP contribution in [0.4, 0.5) is 9.93 Å². The number of carbonyl (C=O) groups is 1. The highest BCUT2D eigenvalue weighted by Crippen LogP contribution is 2.29. The van der Waals surface area contributed by atoms with Gasteiger partial charge in [0.2, 0.25) is 5.88 Å². The summed E-state index contributed by atoms with van der Waals surface area (Å²) in [5, 5.41) is 4.43. The predicted octanol–water partition coefficient (Wildman–Crippen LogP) is 3.75. The molecule has 0 aliphatic carbocycles. The van der Waals surface area contributed by atoms with Gasteiger partial charge in [-0.25, -0.2) is 14.8 Å². The number of methoxy groups -OCH3 is 1. The van der Waals surface area contributed by atoms with Crippen LogP contribution in [-0.2, 0) is 6.54 Å². The van der Waals surface area contributed by atoms with Crippen molar-refractivity contribution in [2.24, 2.45) is 0 Å². The second-order valence-corrected chi connectivity index (χ2v) is 8.29. The van der Waals surface area contributed by atoms with E-state index in [1.165, 1.54) is 24.8 Å². The minimum absolute atomic E-state index is 0.176. The largest absolute Gasteiger partial charge is 0.479 e. The van der Waals surface area contributed by atoms with Gasteiger partial charge in [-0.3, -0.25) is 10.2 Å². The van der Waals surface area contributed by atoms with Crippen molar-refractivity contribution in [3.63, 3.8) is 0 Å². The van der Waals surface area contributed by atoms with Crippen LogP contribution in [-0.4, -0.2) is 64.1 Å². The average molecular weight is 453 g/mol. The Bertz CT molecular complexity index is 1040. The van der Waals surface area contributed by atoms with Gasteiger partial charge in [-0.1, -0.05) is 40.6 Å². The molecule has 1 N–H and O–H groups in total. The van der Waals surface area contributed by atoms with Crippen molar-refractivity contribution >= 4 is 56.0 Å². The molecule has 1 aromatic carbocycles. The number of nitrogens with one attached hydrogen (secondary N) is 1. The summed E-state index contributed by atoms with van der Waals surface area (Å²) in [6.45, 7) is 3.56. The van der Waals surface area contributed by atoms with E-state index in [-0.39, 0.29) is 6.03 Å². The first-order valence-corrected chi connectivity index (χ1v) is 10.5. The van der Waals surface area contributed by atoms with Gasteiger partial charge in [0.1, 0.15) is 6.33 Å². The lowest BCUT2D eigenvalue weighted by molar-refractivity contribution is 0.143. The first kappa shape index (κ1) is 20.1. The van der Waals surface area contributed by atoms with Crippen LogP contribution in [0.3, 0.4) is 0 Å². The van der Waals surface area contributed by atoms with Gasteiger partial charge >= 0.3 is 6.03 Å². The summed E-state index contributed by atoms with van der Waals surface area (Å²) in [7, 11) is 1.52. The Kier molecular flexibility index (Phi) is 6.00. The van der Waals surface area contributed by atoms with Crippen LogP contribution in [0.2, 0.25) is 10.0 Å². The molecule has 2 amide bonds. The summed E-state index contributed by atoms with van der Waals surface area (Å²) in [5.74, 6) is 0.391. The van der Waals surface area contributed by atoms with Gasteiger partial charge in [0.25, 0.3) is 0 Å². The van der Waals surface area contributed by atoms with Gasteiger partial charge in [-0.2, -0.15) is 4.98 Å². The number of benzene rings is 1. The van der Waals surface area contributed by atoms with E-state index < -0.39 is 0 Å². The quantitative estimate of drug-likeness (QED) is 0.648. The van der Waals surface area contributed by atoms with E-state index in [1.807, 2.05) is 12.1 Å². The first-order valence-electron chi connectivity index (χ1n) is 8.91. The topological polar surface area (TPSA) is 83.5 Å². The second-order valence-electron chi connectivity index (χ2n) is 6.50. The number of halogens is 2. The Labute approximate surface area is 181 Å². The highest BCUT2D eigenvalue weighted by Gasteiger charge is 2.22. The van der Waals surface area contributed by atoms with Gasteiger partial charge in [-0.15, -0.1) is 0 Å². The van der Waals surface area contributed by atoms with Crippen LogP contribution in [0.15, 0.2) is 24.5 Å². The first-order chi connectivity index (χ1) is 14.0. The molecule has 0 radical (unpaired) electrons. The molecule has 1 aliphatic heterocycles. The second kappa shape index (κ2) is 8.66. The maximum absolute atomic E-state index is 12.6. The zero-order chi connectivity index (χ0) is 20.4. The Hall–Kier alpha value is -2.20. The molecular formula is C18H18Cl2N6O2S. The molecule has 11 heteroatoms. The van der Waals surface area contributed by atoms with Crippen molar-refractivity contribution in [2.75, 3.05) is 38.6 Å². The van der Waals surface area contributed by atoms with E-state index in [1.54, 1.807) is 11.0 Å². The molecule has 3 aromatic rings. The molecule has 1 fully saturated rings. The number of amides is 2. The SMILES string of the molecule is COc1ncnc2sc(NC(=O)N3CCN(Cc4ccc(Cl)c(Cl)c4)CC3)nc12. The van der Waals surface area contributed by atoms with Crippen molar-refractivity contribution in [3.8, 4) is 5.88 Å². The molecule has 0 bridgehead atoms. The molecule has 8 nitrogen and oxygen atoms in total. The molecule has 1 aliphatic rings. The third kappa shape index (κ3) is 4.53. The summed E-state index contributed by atoms with van der Waals surface area (Å²) >= 11 is 13.3. The number of nitrogens with zero attached hydrogens (tertiary/aromatic N) is 5. The summed E-state index contributed by atoms with van der Waals surface area (Å²) in [6.07, 6.45) is 1.41. The third-order valence-corrected chi connectivity index (χ3v) is 6.24. The molecule has 3 heterocycles. The zero-order valence-electron chi connectivity index (χ0n) is 15.6. The van der Waals surface area contributed by atoms with Crippen molar-refractivity contribution in [1.29, 1.82) is 0 Å². The van der Waals surface area contributed by atoms with Gasteiger partial charge in [-0.05, 0) is 17.7 Å². The minimum atomic E-state index is -0.176. The van der Waals surface area contributed by atoms with Gasteiger partial charge in [0, 0.05) is 32.7 Å². The number of ether oxygens (including phenoxy) is 1. The van der Waals surface area contributed by atoms with Crippen LogP contribution in [0, 0.1) is 0 Å². The minimum Gasteiger partial charge on any atom is -0.479 e. The lowest BCUT2D eigenvalue weighted by Crippen LogP contribution is -2.49. The Morgan fingerprint density at radius 1 is 1.21 bits per heavy atom. The van der Waals surface area contributed by atoms with Crippen molar-refractivity contribution in [2.45, 2.75) is 6.54 Å². The number of rotatable bonds is 4. The number of thiazole rings is 1. The Morgan fingerprint density at radius 2 is 2.00 bits per heavy atom. The lowest BCUT2D eigenvalue weighted by atomic mass is 10.2. The fourth-order valence-electron chi connectivity index (χ4n) is 3.11. The third-order valence-electron chi connectivity index (χ3n) is 4.62. The predicted molar refractivity (Wildman–Crippen MR) is 114 cm³/mol. The smallest absolute Gasteiger partial charge is 0.323 e. The number of hydrogen-bond donors (Lipinski definition) is 1. The van der Waals surface area contributed by atoms with E-state index in [0.29, 0.717) is 44.5 Å². The summed E-state index contributed by atoms with van der Waals surface area (Å²) in [4.78, 5) is 29.9. The lowest BCUT2D eigenvalue weighted by Gasteiger charge is -2.34. The highest BCUT2D eigenvalue weighted by molar-refractivity contribution is 7.22. The van der Waals surface area contributed by atoms with Gasteiger partial charge < -0.3 is 9.64 Å². The molecule has 0 spiro atoms. The fourth-order valence-corrected chi connectivity index (χ4v) is 4.22. The normalized spacial score (nSPS) is 14.9. The number of urea groups is 1. The molecule has 0 atom stereocenters. The van der Waals surface area contributed by atoms with Crippen LogP contribution in [0.1, 0.15) is 5.56 Å². The molecular weight excluding hydrogens is 435 g/mol. The van der Waals surface area contributed by atoms with E-state index in [4.69, 9.17) is 27.9 Å². The number of hydrogen-bond acceptors (Lipinski definition) is 7. The summed E-state index contributed by atoms with van der Waals surface area (Å²) in [6, 6.07) is 5.48. The summed E-state index contributed by atoms with van der Waals surface area (Å²) in [5.41, 5.74) is 1.64. The van der Waals surface area contributed by atoms with Crippen LogP contribution >= 0.6 is 34.5 Å². The number of aromatic nitrogens is 3. The van der Waals surface area contributed by atoms with Crippen molar-refractivity contribution in [3.05, 3.63) is 40.1 Å². The molecule has 0 unspecified atom stereocenters. The standard InChI is InChI=1S/C18H18Cl2N6O2S/c1-28-15-14-16(22-10-21-15)29-17(23-14)24-18(27)26-6-4-25(5-7-26)9-11-2-3-12(19)13(20)8-11/h2-3,8,10H,4-7,9H2,1H3,(H,23,24,27). The van der Waals surface area contributed by atoms with E-state index in [0.717, 1.165) is 25.2 Å².